The first-order chi connectivity index (χ1) is 12.7. The number of amides is 2. The van der Waals surface area contributed by atoms with Gasteiger partial charge >= 0.3 is 0 Å². The van der Waals surface area contributed by atoms with Gasteiger partial charge in [0.2, 0.25) is 15.9 Å². The van der Waals surface area contributed by atoms with Crippen molar-refractivity contribution in [2.75, 3.05) is 26.0 Å². The molecule has 0 radical (unpaired) electrons. The van der Waals surface area contributed by atoms with E-state index in [9.17, 15) is 18.0 Å². The number of rotatable bonds is 7. The second-order valence-electron chi connectivity index (χ2n) is 5.87. The Bertz CT molecular complexity index is 911. The fraction of sp³-hybridized carbons (Fsp3) is 0.222. The number of hydrogen-bond donors (Lipinski definition) is 2. The van der Waals surface area contributed by atoms with Crippen molar-refractivity contribution in [1.82, 2.24) is 9.62 Å². The number of carbonyl (C=O) groups is 2. The summed E-state index contributed by atoms with van der Waals surface area (Å²) < 4.78 is 26.0. The number of nitrogens with one attached hydrogen (secondary N) is 2. The molecular weight excluding hydrogens is 434 g/mol. The summed E-state index contributed by atoms with van der Waals surface area (Å²) in [5.74, 6) is -0.539. The Labute approximate surface area is 166 Å². The second kappa shape index (κ2) is 9.12. The van der Waals surface area contributed by atoms with E-state index in [2.05, 4.69) is 26.6 Å². The third-order valence-corrected chi connectivity index (χ3v) is 6.02. The molecule has 0 aliphatic rings. The van der Waals surface area contributed by atoms with Gasteiger partial charge in [-0.2, -0.15) is 0 Å². The van der Waals surface area contributed by atoms with E-state index >= 15 is 0 Å². The highest BCUT2D eigenvalue weighted by molar-refractivity contribution is 9.10. The first-order valence-corrected chi connectivity index (χ1v) is 10.3. The lowest BCUT2D eigenvalue weighted by Crippen LogP contribution is -2.27. The predicted octanol–water partition coefficient (Wildman–Crippen LogP) is 2.46. The Kier molecular flexibility index (Phi) is 7.11. The van der Waals surface area contributed by atoms with Crippen molar-refractivity contribution in [3.05, 3.63) is 58.6 Å². The number of sulfonamides is 1. The summed E-state index contributed by atoms with van der Waals surface area (Å²) in [6.07, 6.45) is 0.0972. The highest BCUT2D eigenvalue weighted by Crippen LogP contribution is 2.16. The van der Waals surface area contributed by atoms with Crippen molar-refractivity contribution in [1.29, 1.82) is 0 Å². The molecule has 0 heterocycles. The maximum absolute atomic E-state index is 12.0. The van der Waals surface area contributed by atoms with Crippen molar-refractivity contribution in [3.8, 4) is 0 Å². The molecule has 7 nitrogen and oxygen atoms in total. The molecule has 2 N–H and O–H groups in total. The maximum Gasteiger partial charge on any atom is 0.251 e. The molecule has 0 bridgehead atoms. The third-order valence-electron chi connectivity index (χ3n) is 3.66. The topological polar surface area (TPSA) is 95.6 Å². The van der Waals surface area contributed by atoms with Crippen LogP contribution in [0.4, 0.5) is 5.69 Å². The number of carbonyl (C=O) groups excluding carboxylic acids is 2. The predicted molar refractivity (Wildman–Crippen MR) is 107 cm³/mol. The van der Waals surface area contributed by atoms with Gasteiger partial charge in [-0.15, -0.1) is 0 Å². The molecule has 0 unspecified atom stereocenters. The normalized spacial score (nSPS) is 11.3. The molecule has 0 saturated heterocycles. The van der Waals surface area contributed by atoms with Crippen LogP contribution in [-0.4, -0.2) is 45.2 Å². The number of benzene rings is 2. The average Bonchev–Trinajstić information content (AvgIpc) is 2.62. The van der Waals surface area contributed by atoms with Crippen molar-refractivity contribution in [2.45, 2.75) is 11.3 Å². The number of hydrogen-bond acceptors (Lipinski definition) is 4. The van der Waals surface area contributed by atoms with Crippen molar-refractivity contribution >= 4 is 43.5 Å². The van der Waals surface area contributed by atoms with Crippen LogP contribution in [0.2, 0.25) is 0 Å². The van der Waals surface area contributed by atoms with Crippen LogP contribution in [-0.2, 0) is 14.8 Å². The zero-order valence-electron chi connectivity index (χ0n) is 14.9. The summed E-state index contributed by atoms with van der Waals surface area (Å²) in [4.78, 5) is 24.1. The van der Waals surface area contributed by atoms with Crippen LogP contribution >= 0.6 is 15.9 Å². The number of anilines is 1. The Morgan fingerprint density at radius 2 is 1.59 bits per heavy atom. The highest BCUT2D eigenvalue weighted by Gasteiger charge is 2.16. The molecule has 0 aromatic heterocycles. The molecule has 2 amide bonds. The standard InChI is InChI=1S/C18H20BrN3O4S/c1-22(2)27(25,26)16-9-7-15(8-10-16)21-17(23)11-12-20-18(24)13-3-5-14(19)6-4-13/h3-10H,11-12H2,1-2H3,(H,20,24)(H,21,23). The molecular formula is C18H20BrN3O4S. The monoisotopic (exact) mass is 453 g/mol. The average molecular weight is 454 g/mol. The molecule has 0 spiro atoms. The van der Waals surface area contributed by atoms with Crippen LogP contribution in [0.1, 0.15) is 16.8 Å². The third kappa shape index (κ3) is 5.88. The Morgan fingerprint density at radius 1 is 1.00 bits per heavy atom. The van der Waals surface area contributed by atoms with Crippen molar-refractivity contribution in [2.24, 2.45) is 0 Å². The van der Waals surface area contributed by atoms with E-state index in [-0.39, 0.29) is 29.7 Å². The highest BCUT2D eigenvalue weighted by atomic mass is 79.9. The number of nitrogens with zero attached hydrogens (tertiary/aromatic N) is 1. The zero-order valence-corrected chi connectivity index (χ0v) is 17.3. The fourth-order valence-corrected chi connectivity index (χ4v) is 3.30. The summed E-state index contributed by atoms with van der Waals surface area (Å²) in [6, 6.07) is 12.8. The lowest BCUT2D eigenvalue weighted by atomic mass is 10.2. The van der Waals surface area contributed by atoms with E-state index in [1.165, 1.54) is 38.4 Å². The summed E-state index contributed by atoms with van der Waals surface area (Å²) in [5, 5.41) is 5.34. The Morgan fingerprint density at radius 3 is 2.15 bits per heavy atom. The quantitative estimate of drug-likeness (QED) is 0.672. The van der Waals surface area contributed by atoms with E-state index in [1.807, 2.05) is 0 Å². The van der Waals surface area contributed by atoms with Crippen LogP contribution in [0.5, 0.6) is 0 Å². The van der Waals surface area contributed by atoms with Gasteiger partial charge in [-0.25, -0.2) is 12.7 Å². The molecule has 0 aliphatic heterocycles. The van der Waals surface area contributed by atoms with E-state index < -0.39 is 10.0 Å². The smallest absolute Gasteiger partial charge is 0.251 e. The van der Waals surface area contributed by atoms with Crippen molar-refractivity contribution in [3.63, 3.8) is 0 Å². The van der Waals surface area contributed by atoms with Gasteiger partial charge in [0, 0.05) is 42.8 Å². The first kappa shape index (κ1) is 21.1. The first-order valence-electron chi connectivity index (χ1n) is 8.06. The maximum atomic E-state index is 12.0. The molecule has 144 valence electrons. The molecule has 9 heteroatoms. The molecule has 0 fully saturated rings. The van der Waals surface area contributed by atoms with Gasteiger partial charge in [0.05, 0.1) is 4.90 Å². The summed E-state index contributed by atoms with van der Waals surface area (Å²) >= 11 is 3.30. The second-order valence-corrected chi connectivity index (χ2v) is 8.94. The van der Waals surface area contributed by atoms with Gasteiger partial charge in [-0.3, -0.25) is 9.59 Å². The lowest BCUT2D eigenvalue weighted by molar-refractivity contribution is -0.116. The van der Waals surface area contributed by atoms with Gasteiger partial charge in [0.25, 0.3) is 5.91 Å². The minimum absolute atomic E-state index is 0.0972. The van der Waals surface area contributed by atoms with Crippen LogP contribution in [0.25, 0.3) is 0 Å². The molecule has 2 aromatic carbocycles. The van der Waals surface area contributed by atoms with E-state index in [0.29, 0.717) is 11.3 Å². The molecule has 27 heavy (non-hydrogen) atoms. The van der Waals surface area contributed by atoms with Crippen LogP contribution in [0.3, 0.4) is 0 Å². The van der Waals surface area contributed by atoms with Gasteiger partial charge in [0.15, 0.2) is 0 Å². The van der Waals surface area contributed by atoms with E-state index in [4.69, 9.17) is 0 Å². The van der Waals surface area contributed by atoms with Crippen LogP contribution < -0.4 is 10.6 Å². The fourth-order valence-electron chi connectivity index (χ4n) is 2.14. The molecule has 0 aliphatic carbocycles. The Balaban J connectivity index is 1.83. The van der Waals surface area contributed by atoms with Gasteiger partial charge in [-0.1, -0.05) is 15.9 Å². The van der Waals surface area contributed by atoms with Gasteiger partial charge in [-0.05, 0) is 48.5 Å². The Hall–Kier alpha value is -2.23. The van der Waals surface area contributed by atoms with Crippen LogP contribution in [0, 0.1) is 0 Å². The minimum Gasteiger partial charge on any atom is -0.352 e. The molecule has 2 aromatic rings. The van der Waals surface area contributed by atoms with Gasteiger partial charge in [0.1, 0.15) is 0 Å². The number of halogens is 1. The zero-order chi connectivity index (χ0) is 20.0. The molecule has 2 rings (SSSR count). The van der Waals surface area contributed by atoms with E-state index in [0.717, 1.165) is 8.78 Å². The SMILES string of the molecule is CN(C)S(=O)(=O)c1ccc(NC(=O)CCNC(=O)c2ccc(Br)cc2)cc1. The summed E-state index contributed by atoms with van der Waals surface area (Å²) in [5.41, 5.74) is 0.994. The largest absolute Gasteiger partial charge is 0.352 e. The van der Waals surface area contributed by atoms with Crippen LogP contribution in [0.15, 0.2) is 57.9 Å². The summed E-state index contributed by atoms with van der Waals surface area (Å²) in [7, 11) is -0.601. The lowest BCUT2D eigenvalue weighted by Gasteiger charge is -2.12. The summed E-state index contributed by atoms with van der Waals surface area (Å²) in [6.45, 7) is 0.188. The van der Waals surface area contributed by atoms with Crippen molar-refractivity contribution < 1.29 is 18.0 Å². The minimum atomic E-state index is -3.50. The molecule has 0 atom stereocenters. The van der Waals surface area contributed by atoms with Gasteiger partial charge < -0.3 is 10.6 Å². The van der Waals surface area contributed by atoms with E-state index in [1.54, 1.807) is 24.3 Å². The molecule has 0 saturated carbocycles.